The lowest BCUT2D eigenvalue weighted by molar-refractivity contribution is -0.139. The van der Waals surface area contributed by atoms with Crippen molar-refractivity contribution in [2.75, 3.05) is 31.1 Å². The molecule has 0 bridgehead atoms. The van der Waals surface area contributed by atoms with Gasteiger partial charge in [-0.3, -0.25) is 14.5 Å². The second-order valence-electron chi connectivity index (χ2n) is 7.00. The van der Waals surface area contributed by atoms with E-state index < -0.39 is 0 Å². The van der Waals surface area contributed by atoms with Gasteiger partial charge in [0.2, 0.25) is 11.8 Å². The topological polar surface area (TPSA) is 43.9 Å². The SMILES string of the molecule is C[C@@H]1CCC[C@H](C)N1CC(=O)N1CCN(c2ccccc2)C(=O)C1. The van der Waals surface area contributed by atoms with Gasteiger partial charge in [-0.1, -0.05) is 24.6 Å². The Bertz CT molecular complexity index is 580. The van der Waals surface area contributed by atoms with E-state index in [9.17, 15) is 9.59 Å². The number of piperazine rings is 1. The van der Waals surface area contributed by atoms with Crippen molar-refractivity contribution in [1.29, 1.82) is 0 Å². The Balaban J connectivity index is 1.59. The number of amides is 2. The van der Waals surface area contributed by atoms with E-state index in [0.29, 0.717) is 31.7 Å². The summed E-state index contributed by atoms with van der Waals surface area (Å²) in [6.07, 6.45) is 3.54. The average Bonchev–Trinajstić information content (AvgIpc) is 2.59. The van der Waals surface area contributed by atoms with Crippen LogP contribution >= 0.6 is 0 Å². The first-order valence-corrected chi connectivity index (χ1v) is 8.95. The fourth-order valence-electron chi connectivity index (χ4n) is 3.81. The molecule has 0 unspecified atom stereocenters. The zero-order valence-electron chi connectivity index (χ0n) is 14.6. The molecule has 2 heterocycles. The lowest BCUT2D eigenvalue weighted by atomic mass is 9.97. The minimum absolute atomic E-state index is 0.000501. The van der Waals surface area contributed by atoms with Crippen molar-refractivity contribution in [2.24, 2.45) is 0 Å². The fraction of sp³-hybridized carbons (Fsp3) is 0.579. The van der Waals surface area contributed by atoms with E-state index in [2.05, 4.69) is 18.7 Å². The molecule has 3 rings (SSSR count). The van der Waals surface area contributed by atoms with Crippen LogP contribution in [0.5, 0.6) is 0 Å². The molecule has 0 N–H and O–H groups in total. The highest BCUT2D eigenvalue weighted by Crippen LogP contribution is 2.23. The van der Waals surface area contributed by atoms with Crippen molar-refractivity contribution in [3.8, 4) is 0 Å². The van der Waals surface area contributed by atoms with E-state index in [1.54, 1.807) is 9.80 Å². The first kappa shape index (κ1) is 17.0. The van der Waals surface area contributed by atoms with Crippen molar-refractivity contribution in [2.45, 2.75) is 45.2 Å². The Labute approximate surface area is 144 Å². The molecule has 2 amide bonds. The first-order valence-electron chi connectivity index (χ1n) is 8.95. The maximum atomic E-state index is 12.7. The molecule has 5 heteroatoms. The molecule has 2 aliphatic rings. The summed E-state index contributed by atoms with van der Waals surface area (Å²) in [5.41, 5.74) is 0.910. The lowest BCUT2D eigenvalue weighted by Crippen LogP contribution is -2.56. The molecule has 24 heavy (non-hydrogen) atoms. The smallest absolute Gasteiger partial charge is 0.246 e. The number of carbonyl (C=O) groups excluding carboxylic acids is 2. The number of hydrogen-bond donors (Lipinski definition) is 0. The molecule has 0 spiro atoms. The zero-order valence-corrected chi connectivity index (χ0v) is 14.6. The molecule has 1 aromatic rings. The highest BCUT2D eigenvalue weighted by atomic mass is 16.2. The Morgan fingerprint density at radius 1 is 1.08 bits per heavy atom. The van der Waals surface area contributed by atoms with Crippen molar-refractivity contribution >= 4 is 17.5 Å². The molecule has 2 atom stereocenters. The Morgan fingerprint density at radius 3 is 2.38 bits per heavy atom. The van der Waals surface area contributed by atoms with Crippen molar-refractivity contribution in [3.63, 3.8) is 0 Å². The van der Waals surface area contributed by atoms with Crippen LogP contribution in [0.15, 0.2) is 30.3 Å². The largest absolute Gasteiger partial charge is 0.330 e. The zero-order chi connectivity index (χ0) is 17.1. The van der Waals surface area contributed by atoms with Gasteiger partial charge < -0.3 is 9.80 Å². The van der Waals surface area contributed by atoms with Crippen molar-refractivity contribution in [3.05, 3.63) is 30.3 Å². The van der Waals surface area contributed by atoms with Gasteiger partial charge in [0.15, 0.2) is 0 Å². The predicted molar refractivity (Wildman–Crippen MR) is 94.9 cm³/mol. The minimum Gasteiger partial charge on any atom is -0.330 e. The van der Waals surface area contributed by atoms with Gasteiger partial charge in [-0.25, -0.2) is 0 Å². The van der Waals surface area contributed by atoms with E-state index in [-0.39, 0.29) is 18.4 Å². The van der Waals surface area contributed by atoms with E-state index >= 15 is 0 Å². The number of piperidine rings is 1. The van der Waals surface area contributed by atoms with Gasteiger partial charge in [0, 0.05) is 30.9 Å². The molecule has 2 saturated heterocycles. The molecule has 5 nitrogen and oxygen atoms in total. The van der Waals surface area contributed by atoms with Crippen molar-refractivity contribution in [1.82, 2.24) is 9.80 Å². The average molecular weight is 329 g/mol. The highest BCUT2D eigenvalue weighted by Gasteiger charge is 2.31. The van der Waals surface area contributed by atoms with Crippen molar-refractivity contribution < 1.29 is 9.59 Å². The van der Waals surface area contributed by atoms with E-state index in [1.165, 1.54) is 6.42 Å². The second kappa shape index (κ2) is 7.34. The van der Waals surface area contributed by atoms with E-state index in [1.807, 2.05) is 30.3 Å². The minimum atomic E-state index is 0.000501. The fourth-order valence-corrected chi connectivity index (χ4v) is 3.81. The van der Waals surface area contributed by atoms with Crippen LogP contribution in [0.25, 0.3) is 0 Å². The summed E-state index contributed by atoms with van der Waals surface area (Å²) >= 11 is 0. The van der Waals surface area contributed by atoms with Crippen LogP contribution < -0.4 is 4.90 Å². The third-order valence-electron chi connectivity index (χ3n) is 5.34. The van der Waals surface area contributed by atoms with Crippen LogP contribution in [0.1, 0.15) is 33.1 Å². The summed E-state index contributed by atoms with van der Waals surface area (Å²) in [6.45, 7) is 6.18. The van der Waals surface area contributed by atoms with Gasteiger partial charge in [-0.05, 0) is 38.8 Å². The van der Waals surface area contributed by atoms with Gasteiger partial charge in [0.25, 0.3) is 0 Å². The number of nitrogens with zero attached hydrogens (tertiary/aromatic N) is 3. The summed E-state index contributed by atoms with van der Waals surface area (Å²) in [7, 11) is 0. The normalized spacial score (nSPS) is 25.8. The van der Waals surface area contributed by atoms with Gasteiger partial charge in [0.1, 0.15) is 6.54 Å². The lowest BCUT2D eigenvalue weighted by Gasteiger charge is -2.40. The number of hydrogen-bond acceptors (Lipinski definition) is 3. The van der Waals surface area contributed by atoms with E-state index in [0.717, 1.165) is 18.5 Å². The molecule has 130 valence electrons. The number of benzene rings is 1. The predicted octanol–water partition coefficient (Wildman–Crippen LogP) is 2.12. The summed E-state index contributed by atoms with van der Waals surface area (Å²) in [6, 6.07) is 10.6. The summed E-state index contributed by atoms with van der Waals surface area (Å²) in [4.78, 5) is 30.9. The van der Waals surface area contributed by atoms with Crippen LogP contribution in [-0.4, -0.2) is 59.9 Å². The maximum Gasteiger partial charge on any atom is 0.246 e. The third kappa shape index (κ3) is 3.61. The number of likely N-dealkylation sites (tertiary alicyclic amines) is 1. The Morgan fingerprint density at radius 2 is 1.75 bits per heavy atom. The van der Waals surface area contributed by atoms with Gasteiger partial charge >= 0.3 is 0 Å². The maximum absolute atomic E-state index is 12.7. The summed E-state index contributed by atoms with van der Waals surface area (Å²) in [5, 5.41) is 0. The second-order valence-corrected chi connectivity index (χ2v) is 7.00. The molecule has 1 aromatic carbocycles. The van der Waals surface area contributed by atoms with Crippen LogP contribution in [0.4, 0.5) is 5.69 Å². The van der Waals surface area contributed by atoms with E-state index in [4.69, 9.17) is 0 Å². The number of rotatable bonds is 3. The molecule has 0 aromatic heterocycles. The molecular weight excluding hydrogens is 302 g/mol. The third-order valence-corrected chi connectivity index (χ3v) is 5.34. The summed E-state index contributed by atoms with van der Waals surface area (Å²) in [5.74, 6) is 0.0807. The van der Waals surface area contributed by atoms with Crippen LogP contribution in [0.2, 0.25) is 0 Å². The van der Waals surface area contributed by atoms with Gasteiger partial charge in [-0.15, -0.1) is 0 Å². The quantitative estimate of drug-likeness (QED) is 0.853. The molecule has 0 aliphatic carbocycles. The first-order chi connectivity index (χ1) is 11.6. The van der Waals surface area contributed by atoms with Crippen LogP contribution in [0.3, 0.4) is 0 Å². The molecule has 0 saturated carbocycles. The number of carbonyl (C=O) groups is 2. The van der Waals surface area contributed by atoms with Crippen LogP contribution in [-0.2, 0) is 9.59 Å². The Hall–Kier alpha value is -1.88. The monoisotopic (exact) mass is 329 g/mol. The Kier molecular flexibility index (Phi) is 5.19. The van der Waals surface area contributed by atoms with Crippen LogP contribution in [0, 0.1) is 0 Å². The standard InChI is InChI=1S/C19H27N3O2/c1-15-7-6-8-16(2)22(15)14-18(23)20-11-12-21(19(24)13-20)17-9-4-3-5-10-17/h3-5,9-10,15-16H,6-8,11-14H2,1-2H3/t15-,16+. The van der Waals surface area contributed by atoms with Gasteiger partial charge in [-0.2, -0.15) is 0 Å². The summed E-state index contributed by atoms with van der Waals surface area (Å²) < 4.78 is 0. The molecule has 2 fully saturated rings. The highest BCUT2D eigenvalue weighted by molar-refractivity contribution is 5.98. The number of para-hydroxylation sites is 1. The number of anilines is 1. The molecular formula is C19H27N3O2. The van der Waals surface area contributed by atoms with Gasteiger partial charge in [0.05, 0.1) is 6.54 Å². The molecule has 2 aliphatic heterocycles. The molecule has 0 radical (unpaired) electrons.